The third-order valence-electron chi connectivity index (χ3n) is 4.53. The molecule has 1 aliphatic carbocycles. The standard InChI is InChI=1S/C16H17F2N3O2/c1-10-4-6-16(7-5-10)14(22)21(15(23)20-16)19-9-11-2-3-12(17)13(18)8-11/h2-3,8-10H,4-7H2,1H3,(H,20,23)/b19-9+. The van der Waals surface area contributed by atoms with E-state index in [9.17, 15) is 18.4 Å². The van der Waals surface area contributed by atoms with E-state index in [4.69, 9.17) is 0 Å². The number of imide groups is 1. The maximum Gasteiger partial charge on any atom is 0.346 e. The van der Waals surface area contributed by atoms with Crippen LogP contribution in [0.5, 0.6) is 0 Å². The van der Waals surface area contributed by atoms with E-state index < -0.39 is 23.2 Å². The fourth-order valence-electron chi connectivity index (χ4n) is 3.02. The molecule has 23 heavy (non-hydrogen) atoms. The van der Waals surface area contributed by atoms with Crippen molar-refractivity contribution in [3.63, 3.8) is 0 Å². The van der Waals surface area contributed by atoms with Crippen LogP contribution in [0.15, 0.2) is 23.3 Å². The first-order valence-corrected chi connectivity index (χ1v) is 7.57. The third-order valence-corrected chi connectivity index (χ3v) is 4.53. The molecule has 7 heteroatoms. The van der Waals surface area contributed by atoms with Crippen molar-refractivity contribution in [2.24, 2.45) is 11.0 Å². The van der Waals surface area contributed by atoms with Crippen LogP contribution in [0.4, 0.5) is 13.6 Å². The predicted octanol–water partition coefficient (Wildman–Crippen LogP) is 2.80. The Morgan fingerprint density at radius 1 is 1.26 bits per heavy atom. The Hall–Kier alpha value is -2.31. The van der Waals surface area contributed by atoms with Crippen LogP contribution in [0.25, 0.3) is 0 Å². The Kier molecular flexibility index (Phi) is 3.87. The number of carbonyl (C=O) groups excluding carboxylic acids is 2. The monoisotopic (exact) mass is 321 g/mol. The van der Waals surface area contributed by atoms with E-state index in [-0.39, 0.29) is 11.5 Å². The van der Waals surface area contributed by atoms with Crippen LogP contribution in [0, 0.1) is 17.6 Å². The molecular weight excluding hydrogens is 304 g/mol. The number of amides is 3. The van der Waals surface area contributed by atoms with Crippen molar-refractivity contribution in [3.8, 4) is 0 Å². The molecule has 1 aromatic carbocycles. The summed E-state index contributed by atoms with van der Waals surface area (Å²) in [4.78, 5) is 24.6. The van der Waals surface area contributed by atoms with Crippen LogP contribution in [0.3, 0.4) is 0 Å². The van der Waals surface area contributed by atoms with Gasteiger partial charge in [-0.2, -0.15) is 5.10 Å². The van der Waals surface area contributed by atoms with Crippen molar-refractivity contribution in [2.75, 3.05) is 0 Å². The van der Waals surface area contributed by atoms with Crippen molar-refractivity contribution in [1.82, 2.24) is 10.3 Å². The number of nitrogens with one attached hydrogen (secondary N) is 1. The zero-order valence-corrected chi connectivity index (χ0v) is 12.7. The smallest absolute Gasteiger partial charge is 0.321 e. The molecule has 3 rings (SSSR count). The fraction of sp³-hybridized carbons (Fsp3) is 0.438. The summed E-state index contributed by atoms with van der Waals surface area (Å²) in [6.07, 6.45) is 4.09. The summed E-state index contributed by atoms with van der Waals surface area (Å²) in [5.41, 5.74) is -0.600. The minimum atomic E-state index is -1.01. The van der Waals surface area contributed by atoms with Gasteiger partial charge in [-0.3, -0.25) is 4.79 Å². The van der Waals surface area contributed by atoms with Crippen LogP contribution < -0.4 is 5.32 Å². The Bertz CT molecular complexity index is 682. The van der Waals surface area contributed by atoms with Crippen molar-refractivity contribution < 1.29 is 18.4 Å². The summed E-state index contributed by atoms with van der Waals surface area (Å²) in [6, 6.07) is 2.66. The number of nitrogens with zero attached hydrogens (tertiary/aromatic N) is 2. The maximum absolute atomic E-state index is 13.2. The highest BCUT2D eigenvalue weighted by atomic mass is 19.2. The Morgan fingerprint density at radius 2 is 1.96 bits per heavy atom. The average Bonchev–Trinajstić information content (AvgIpc) is 2.75. The lowest BCUT2D eigenvalue weighted by molar-refractivity contribution is -0.132. The number of rotatable bonds is 2. The van der Waals surface area contributed by atoms with Gasteiger partial charge in [0, 0.05) is 0 Å². The van der Waals surface area contributed by atoms with E-state index >= 15 is 0 Å². The molecule has 2 aliphatic rings. The normalized spacial score (nSPS) is 28.0. The molecule has 2 fully saturated rings. The van der Waals surface area contributed by atoms with Crippen molar-refractivity contribution in [3.05, 3.63) is 35.4 Å². The molecule has 1 N–H and O–H groups in total. The second-order valence-corrected chi connectivity index (χ2v) is 6.23. The summed E-state index contributed by atoms with van der Waals surface area (Å²) in [5.74, 6) is -1.82. The molecule has 3 amide bonds. The van der Waals surface area contributed by atoms with Crippen molar-refractivity contribution in [1.29, 1.82) is 0 Å². The summed E-state index contributed by atoms with van der Waals surface area (Å²) in [7, 11) is 0. The first kappa shape index (κ1) is 15.6. The second kappa shape index (κ2) is 5.72. The highest BCUT2D eigenvalue weighted by Crippen LogP contribution is 2.36. The van der Waals surface area contributed by atoms with Gasteiger partial charge in [-0.05, 0) is 49.3 Å². The predicted molar refractivity (Wildman–Crippen MR) is 79.7 cm³/mol. The molecule has 0 aromatic heterocycles. The second-order valence-electron chi connectivity index (χ2n) is 6.23. The molecule has 0 atom stereocenters. The van der Waals surface area contributed by atoms with Crippen LogP contribution in [0.1, 0.15) is 38.2 Å². The number of hydrogen-bond donors (Lipinski definition) is 1. The number of hydrogen-bond acceptors (Lipinski definition) is 3. The molecule has 5 nitrogen and oxygen atoms in total. The molecule has 1 heterocycles. The first-order chi connectivity index (χ1) is 10.9. The summed E-state index contributed by atoms with van der Waals surface area (Å²) >= 11 is 0. The lowest BCUT2D eigenvalue weighted by Gasteiger charge is -2.33. The summed E-state index contributed by atoms with van der Waals surface area (Å²) < 4.78 is 26.0. The van der Waals surface area contributed by atoms with Crippen LogP contribution in [-0.4, -0.2) is 28.7 Å². The van der Waals surface area contributed by atoms with Gasteiger partial charge in [-0.1, -0.05) is 13.0 Å². The quantitative estimate of drug-likeness (QED) is 0.672. The number of halogens is 2. The molecule has 0 radical (unpaired) electrons. The molecule has 0 unspecified atom stereocenters. The Labute approximate surface area is 132 Å². The van der Waals surface area contributed by atoms with Gasteiger partial charge in [0.25, 0.3) is 5.91 Å². The van der Waals surface area contributed by atoms with Crippen LogP contribution in [-0.2, 0) is 4.79 Å². The minimum absolute atomic E-state index is 0.266. The van der Waals surface area contributed by atoms with Crippen LogP contribution >= 0.6 is 0 Å². The van der Waals surface area contributed by atoms with E-state index in [0.717, 1.165) is 30.0 Å². The highest BCUT2D eigenvalue weighted by molar-refractivity contribution is 6.07. The van der Waals surface area contributed by atoms with E-state index in [2.05, 4.69) is 17.3 Å². The molecular formula is C16H17F2N3O2. The maximum atomic E-state index is 13.2. The highest BCUT2D eigenvalue weighted by Gasteiger charge is 2.52. The molecule has 122 valence electrons. The van der Waals surface area contributed by atoms with Gasteiger partial charge < -0.3 is 5.32 Å². The number of hydrazone groups is 1. The van der Waals surface area contributed by atoms with Gasteiger partial charge in [-0.15, -0.1) is 5.01 Å². The van der Waals surface area contributed by atoms with E-state index in [1.165, 1.54) is 12.3 Å². The molecule has 1 aliphatic heterocycles. The number of benzene rings is 1. The lowest BCUT2D eigenvalue weighted by atomic mass is 9.77. The van der Waals surface area contributed by atoms with E-state index in [1.54, 1.807) is 0 Å². The fourth-order valence-corrected chi connectivity index (χ4v) is 3.02. The Balaban J connectivity index is 1.78. The third kappa shape index (κ3) is 2.83. The number of carbonyl (C=O) groups is 2. The van der Waals surface area contributed by atoms with E-state index in [1.807, 2.05) is 0 Å². The molecule has 1 saturated heterocycles. The molecule has 1 aromatic rings. The summed E-state index contributed by atoms with van der Waals surface area (Å²) in [6.45, 7) is 2.12. The lowest BCUT2D eigenvalue weighted by Crippen LogP contribution is -2.49. The van der Waals surface area contributed by atoms with Gasteiger partial charge in [0.2, 0.25) is 0 Å². The van der Waals surface area contributed by atoms with Gasteiger partial charge >= 0.3 is 6.03 Å². The average molecular weight is 321 g/mol. The van der Waals surface area contributed by atoms with Gasteiger partial charge in [0.1, 0.15) is 5.54 Å². The Morgan fingerprint density at radius 3 is 2.61 bits per heavy atom. The van der Waals surface area contributed by atoms with Crippen LogP contribution in [0.2, 0.25) is 0 Å². The van der Waals surface area contributed by atoms with E-state index in [0.29, 0.717) is 18.8 Å². The minimum Gasteiger partial charge on any atom is -0.321 e. The van der Waals surface area contributed by atoms with Crippen molar-refractivity contribution >= 4 is 18.2 Å². The largest absolute Gasteiger partial charge is 0.346 e. The SMILES string of the molecule is CC1CCC2(CC1)NC(=O)N(/N=C/c1ccc(F)c(F)c1)C2=O. The molecule has 0 bridgehead atoms. The topological polar surface area (TPSA) is 61.8 Å². The zero-order chi connectivity index (χ0) is 16.6. The van der Waals surface area contributed by atoms with Gasteiger partial charge in [0.15, 0.2) is 11.6 Å². The molecule has 1 saturated carbocycles. The zero-order valence-electron chi connectivity index (χ0n) is 12.7. The summed E-state index contributed by atoms with van der Waals surface area (Å²) in [5, 5.41) is 7.36. The first-order valence-electron chi connectivity index (χ1n) is 7.57. The van der Waals surface area contributed by atoms with Gasteiger partial charge in [-0.25, -0.2) is 13.6 Å². The molecule has 1 spiro atoms. The van der Waals surface area contributed by atoms with Crippen molar-refractivity contribution in [2.45, 2.75) is 38.1 Å². The number of urea groups is 1. The van der Waals surface area contributed by atoms with Gasteiger partial charge in [0.05, 0.1) is 6.21 Å².